The van der Waals surface area contributed by atoms with E-state index in [0.29, 0.717) is 11.5 Å². The smallest absolute Gasteiger partial charge is 0.257 e. The Morgan fingerprint density at radius 1 is 1.10 bits per heavy atom. The summed E-state index contributed by atoms with van der Waals surface area (Å²) in [5.74, 6) is 0.543. The summed E-state index contributed by atoms with van der Waals surface area (Å²) in [5.41, 5.74) is 3.64. The number of benzene rings is 1. The van der Waals surface area contributed by atoms with Crippen molar-refractivity contribution in [2.45, 2.75) is 33.1 Å². The van der Waals surface area contributed by atoms with Gasteiger partial charge in [-0.15, -0.1) is 11.3 Å². The Morgan fingerprint density at radius 3 is 2.48 bits per heavy atom. The molecule has 29 heavy (non-hydrogen) atoms. The maximum Gasteiger partial charge on any atom is 0.257 e. The molecule has 1 aliphatic carbocycles. The first-order chi connectivity index (χ1) is 13.9. The van der Waals surface area contributed by atoms with Gasteiger partial charge in [0, 0.05) is 36.6 Å². The van der Waals surface area contributed by atoms with Crippen LogP contribution < -0.4 is 5.32 Å². The molecule has 2 aliphatic rings. The molecule has 1 saturated heterocycles. The molecule has 1 N–H and O–H groups in total. The average molecular weight is 412 g/mol. The number of likely N-dealkylation sites (N-methyl/N-ethyl adjacent to an activating group) is 1. The molecule has 2 heterocycles. The highest BCUT2D eigenvalue weighted by Crippen LogP contribution is 2.40. The molecular formula is C23H29N3O2S. The first kappa shape index (κ1) is 20.1. The van der Waals surface area contributed by atoms with Crippen molar-refractivity contribution in [1.29, 1.82) is 0 Å². The Hall–Kier alpha value is -2.18. The third kappa shape index (κ3) is 4.23. The number of hydrogen-bond donors (Lipinski definition) is 1. The molecule has 1 aromatic carbocycles. The van der Waals surface area contributed by atoms with Crippen molar-refractivity contribution < 1.29 is 9.59 Å². The molecule has 2 amide bonds. The van der Waals surface area contributed by atoms with Gasteiger partial charge in [-0.1, -0.05) is 24.6 Å². The molecule has 0 unspecified atom stereocenters. The van der Waals surface area contributed by atoms with Crippen LogP contribution in [0.3, 0.4) is 0 Å². The van der Waals surface area contributed by atoms with Crippen molar-refractivity contribution in [2.75, 3.05) is 38.5 Å². The Balaban J connectivity index is 1.64. The Kier molecular flexibility index (Phi) is 5.74. The molecule has 1 fully saturated rings. The van der Waals surface area contributed by atoms with E-state index in [-0.39, 0.29) is 11.8 Å². The van der Waals surface area contributed by atoms with Crippen molar-refractivity contribution in [3.8, 4) is 0 Å². The minimum Gasteiger partial charge on any atom is -0.336 e. The van der Waals surface area contributed by atoms with Crippen LogP contribution in [0.25, 0.3) is 0 Å². The lowest BCUT2D eigenvalue weighted by molar-refractivity contribution is 0.0664. The zero-order valence-corrected chi connectivity index (χ0v) is 18.3. The van der Waals surface area contributed by atoms with Crippen LogP contribution >= 0.6 is 11.3 Å². The van der Waals surface area contributed by atoms with Crippen molar-refractivity contribution in [1.82, 2.24) is 9.80 Å². The number of anilines is 1. The van der Waals surface area contributed by atoms with E-state index in [1.54, 1.807) is 11.3 Å². The van der Waals surface area contributed by atoms with Crippen molar-refractivity contribution in [3.63, 3.8) is 0 Å². The van der Waals surface area contributed by atoms with Gasteiger partial charge >= 0.3 is 0 Å². The summed E-state index contributed by atoms with van der Waals surface area (Å²) in [6.45, 7) is 7.52. The van der Waals surface area contributed by atoms with E-state index >= 15 is 0 Å². The fourth-order valence-corrected chi connectivity index (χ4v) is 5.51. The largest absolute Gasteiger partial charge is 0.336 e. The van der Waals surface area contributed by atoms with Gasteiger partial charge in [0.05, 0.1) is 5.56 Å². The summed E-state index contributed by atoms with van der Waals surface area (Å²) in [7, 11) is 2.09. The molecule has 5 nitrogen and oxygen atoms in total. The minimum absolute atomic E-state index is 0.0735. The second kappa shape index (κ2) is 8.28. The van der Waals surface area contributed by atoms with Gasteiger partial charge in [-0.05, 0) is 56.8 Å². The van der Waals surface area contributed by atoms with E-state index in [9.17, 15) is 9.59 Å². The fraction of sp³-hybridized carbons (Fsp3) is 0.478. The first-order valence-electron chi connectivity index (χ1n) is 10.4. The molecule has 2 aromatic rings. The lowest BCUT2D eigenvalue weighted by Gasteiger charge is -2.33. The first-order valence-corrected chi connectivity index (χ1v) is 11.2. The molecule has 6 heteroatoms. The van der Waals surface area contributed by atoms with E-state index in [2.05, 4.69) is 24.2 Å². The van der Waals surface area contributed by atoms with Gasteiger partial charge in [0.25, 0.3) is 11.8 Å². The number of carbonyl (C=O) groups excluding carboxylic acids is 2. The Labute approximate surface area is 176 Å². The Bertz CT molecular complexity index is 911. The quantitative estimate of drug-likeness (QED) is 0.835. The second-order valence-electron chi connectivity index (χ2n) is 8.47. The highest BCUT2D eigenvalue weighted by molar-refractivity contribution is 7.17. The molecule has 154 valence electrons. The summed E-state index contributed by atoms with van der Waals surface area (Å²) in [5, 5.41) is 3.79. The van der Waals surface area contributed by atoms with Crippen LogP contribution in [0, 0.1) is 12.8 Å². The van der Waals surface area contributed by atoms with Gasteiger partial charge in [0.15, 0.2) is 0 Å². The van der Waals surface area contributed by atoms with Crippen LogP contribution in [0.15, 0.2) is 24.3 Å². The van der Waals surface area contributed by atoms with E-state index < -0.39 is 0 Å². The van der Waals surface area contributed by atoms with Gasteiger partial charge < -0.3 is 15.1 Å². The predicted octanol–water partition coefficient (Wildman–Crippen LogP) is 3.82. The fourth-order valence-electron chi connectivity index (χ4n) is 4.11. The number of aryl methyl sites for hydroxylation is 1. The van der Waals surface area contributed by atoms with Gasteiger partial charge in [-0.3, -0.25) is 9.59 Å². The molecule has 0 radical (unpaired) electrons. The van der Waals surface area contributed by atoms with E-state index in [4.69, 9.17) is 0 Å². The molecule has 0 spiro atoms. The van der Waals surface area contributed by atoms with Crippen LogP contribution in [-0.2, 0) is 12.8 Å². The summed E-state index contributed by atoms with van der Waals surface area (Å²) < 4.78 is 0. The number of nitrogens with one attached hydrogen (secondary N) is 1. The zero-order chi connectivity index (χ0) is 20.5. The summed E-state index contributed by atoms with van der Waals surface area (Å²) in [4.78, 5) is 31.8. The van der Waals surface area contributed by atoms with Gasteiger partial charge in [-0.25, -0.2) is 0 Å². The van der Waals surface area contributed by atoms with Crippen LogP contribution in [0.1, 0.15) is 50.1 Å². The molecular weight excluding hydrogens is 382 g/mol. The number of carbonyl (C=O) groups is 2. The third-order valence-corrected chi connectivity index (χ3v) is 7.23. The van der Waals surface area contributed by atoms with Gasteiger partial charge in [0.1, 0.15) is 5.00 Å². The maximum atomic E-state index is 13.5. The minimum atomic E-state index is -0.149. The van der Waals surface area contributed by atoms with Crippen LogP contribution in [0.2, 0.25) is 0 Å². The number of fused-ring (bicyclic) bond motifs is 1. The van der Waals surface area contributed by atoms with Gasteiger partial charge in [0.2, 0.25) is 0 Å². The Morgan fingerprint density at radius 2 is 1.79 bits per heavy atom. The van der Waals surface area contributed by atoms with Crippen LogP contribution in [0.5, 0.6) is 0 Å². The van der Waals surface area contributed by atoms with E-state index in [1.165, 1.54) is 4.88 Å². The summed E-state index contributed by atoms with van der Waals surface area (Å²) in [6, 6.07) is 7.54. The number of piperazine rings is 1. The van der Waals surface area contributed by atoms with Gasteiger partial charge in [-0.2, -0.15) is 0 Å². The standard InChI is InChI=1S/C23H29N3O2S/c1-15-4-7-17(8-5-15)21(27)24-22-20(18-9-6-16(2)14-19(18)29-22)23(28)26-12-10-25(3)11-13-26/h4-5,7-8,16H,6,9-14H2,1-3H3,(H,24,27)/t16-/m0/s1. The summed E-state index contributed by atoms with van der Waals surface area (Å²) in [6.07, 6.45) is 3.00. The average Bonchev–Trinajstić information content (AvgIpc) is 3.05. The second-order valence-corrected chi connectivity index (χ2v) is 9.58. The third-order valence-electron chi connectivity index (χ3n) is 6.06. The molecule has 1 aliphatic heterocycles. The molecule has 1 atom stereocenters. The van der Waals surface area contributed by atoms with Crippen LogP contribution in [-0.4, -0.2) is 54.8 Å². The molecule has 1 aromatic heterocycles. The number of thiophene rings is 1. The van der Waals surface area contributed by atoms with Crippen molar-refractivity contribution >= 4 is 28.2 Å². The number of hydrogen-bond acceptors (Lipinski definition) is 4. The number of rotatable bonds is 3. The van der Waals surface area contributed by atoms with Crippen molar-refractivity contribution in [3.05, 3.63) is 51.4 Å². The summed E-state index contributed by atoms with van der Waals surface area (Å²) >= 11 is 1.59. The van der Waals surface area contributed by atoms with Crippen molar-refractivity contribution in [2.24, 2.45) is 5.92 Å². The van der Waals surface area contributed by atoms with Crippen LogP contribution in [0.4, 0.5) is 5.00 Å². The normalized spacial score (nSPS) is 19.7. The monoisotopic (exact) mass is 411 g/mol. The van der Waals surface area contributed by atoms with E-state index in [1.807, 2.05) is 36.1 Å². The SMILES string of the molecule is Cc1ccc(C(=O)Nc2sc3c(c2C(=O)N2CCN(C)CC2)CC[C@H](C)C3)cc1. The number of nitrogens with zero attached hydrogens (tertiary/aromatic N) is 2. The lowest BCUT2D eigenvalue weighted by atomic mass is 9.88. The maximum absolute atomic E-state index is 13.5. The lowest BCUT2D eigenvalue weighted by Crippen LogP contribution is -2.47. The predicted molar refractivity (Wildman–Crippen MR) is 118 cm³/mol. The molecule has 4 rings (SSSR count). The highest BCUT2D eigenvalue weighted by atomic mass is 32.1. The van der Waals surface area contributed by atoms with E-state index in [0.717, 1.165) is 67.1 Å². The number of amides is 2. The highest BCUT2D eigenvalue weighted by Gasteiger charge is 2.31. The molecule has 0 bridgehead atoms. The zero-order valence-electron chi connectivity index (χ0n) is 17.5. The molecule has 0 saturated carbocycles. The topological polar surface area (TPSA) is 52.7 Å².